The van der Waals surface area contributed by atoms with Gasteiger partial charge in [-0.25, -0.2) is 0 Å². The number of non-ortho nitro benzene ring substituents is 1. The van der Waals surface area contributed by atoms with Gasteiger partial charge in [-0.2, -0.15) is 5.10 Å². The third kappa shape index (κ3) is 4.43. The number of nitrogens with zero attached hydrogens (tertiary/aromatic N) is 4. The minimum atomic E-state index is -0.695. The molecule has 0 spiro atoms. The zero-order valence-electron chi connectivity index (χ0n) is 13.1. The molecule has 0 N–H and O–H groups in total. The fraction of sp³-hybridized carbons (Fsp3) is 0.133. The average Bonchev–Trinajstić information content (AvgIpc) is 2.53. The van der Waals surface area contributed by atoms with Crippen LogP contribution in [0.2, 0.25) is 10.0 Å². The molecule has 2 aromatic rings. The summed E-state index contributed by atoms with van der Waals surface area (Å²) in [5.41, 5.74) is 0.486. The number of nitro benzene ring substituents is 2. The predicted molar refractivity (Wildman–Crippen MR) is 96.8 cm³/mol. The summed E-state index contributed by atoms with van der Waals surface area (Å²) in [6.45, 7) is 1.69. The van der Waals surface area contributed by atoms with E-state index in [1.807, 2.05) is 0 Å². The predicted octanol–water partition coefficient (Wildman–Crippen LogP) is 4.67. The topological polar surface area (TPSA) is 102 Å². The van der Waals surface area contributed by atoms with Crippen LogP contribution >= 0.6 is 23.2 Å². The van der Waals surface area contributed by atoms with Crippen LogP contribution in [0.25, 0.3) is 0 Å². The molecule has 130 valence electrons. The first-order valence-corrected chi connectivity index (χ1v) is 7.63. The van der Waals surface area contributed by atoms with Gasteiger partial charge in [0.15, 0.2) is 0 Å². The van der Waals surface area contributed by atoms with Gasteiger partial charge in [-0.05, 0) is 31.2 Å². The van der Waals surface area contributed by atoms with Crippen LogP contribution in [0.3, 0.4) is 0 Å². The fourth-order valence-electron chi connectivity index (χ4n) is 2.14. The number of anilines is 1. The van der Waals surface area contributed by atoms with E-state index < -0.39 is 15.5 Å². The van der Waals surface area contributed by atoms with E-state index in [1.54, 1.807) is 25.1 Å². The number of hydrogen-bond donors (Lipinski definition) is 0. The largest absolute Gasteiger partial charge is 0.301 e. The van der Waals surface area contributed by atoms with Gasteiger partial charge < -0.3 is 0 Å². The molecule has 0 unspecified atom stereocenters. The Labute approximate surface area is 152 Å². The van der Waals surface area contributed by atoms with Crippen molar-refractivity contribution in [3.8, 4) is 0 Å². The highest BCUT2D eigenvalue weighted by molar-refractivity contribution is 6.35. The summed E-state index contributed by atoms with van der Waals surface area (Å²) in [5, 5.41) is 28.4. The van der Waals surface area contributed by atoms with E-state index in [0.717, 1.165) is 6.07 Å². The third-order valence-corrected chi connectivity index (χ3v) is 3.73. The van der Waals surface area contributed by atoms with Crippen LogP contribution in [0.1, 0.15) is 12.5 Å². The van der Waals surface area contributed by atoms with E-state index in [9.17, 15) is 20.2 Å². The highest BCUT2D eigenvalue weighted by Crippen LogP contribution is 2.31. The summed E-state index contributed by atoms with van der Waals surface area (Å²) in [7, 11) is 1.50. The highest BCUT2D eigenvalue weighted by atomic mass is 35.5. The molecule has 2 rings (SSSR count). The van der Waals surface area contributed by atoms with Gasteiger partial charge in [0.2, 0.25) is 0 Å². The number of rotatable bonds is 5. The van der Waals surface area contributed by atoms with Crippen molar-refractivity contribution in [3.05, 3.63) is 72.2 Å². The molecule has 0 atom stereocenters. The van der Waals surface area contributed by atoms with Gasteiger partial charge >= 0.3 is 5.69 Å². The molecule has 0 aliphatic rings. The maximum Gasteiger partial charge on any atom is 0.301 e. The number of nitro groups is 2. The summed E-state index contributed by atoms with van der Waals surface area (Å²) in [6.07, 6.45) is 0. The molecule has 10 heteroatoms. The molecule has 0 aliphatic carbocycles. The Morgan fingerprint density at radius 3 is 2.16 bits per heavy atom. The molecule has 0 bridgehead atoms. The molecule has 0 aromatic heterocycles. The highest BCUT2D eigenvalue weighted by Gasteiger charge is 2.22. The Kier molecular flexibility index (Phi) is 5.55. The smallest absolute Gasteiger partial charge is 0.261 e. The zero-order chi connectivity index (χ0) is 18.7. The minimum Gasteiger partial charge on any atom is -0.261 e. The van der Waals surface area contributed by atoms with Crippen LogP contribution in [0.4, 0.5) is 17.1 Å². The van der Waals surface area contributed by atoms with Crippen LogP contribution in [0.15, 0.2) is 41.5 Å². The minimum absolute atomic E-state index is 0.114. The Morgan fingerprint density at radius 2 is 1.64 bits per heavy atom. The lowest BCUT2D eigenvalue weighted by atomic mass is 10.1. The quantitative estimate of drug-likeness (QED) is 0.424. The standard InChI is InChI=1S/C15H12Cl2N4O4/c1-9(10-5-11(16)7-12(17)6-10)18-19(2)14-4-3-13(20(22)23)8-15(14)21(24)25/h3-8H,1-2H3/b18-9+. The molecule has 0 fully saturated rings. The summed E-state index contributed by atoms with van der Waals surface area (Å²) in [5.74, 6) is 0. The Balaban J connectivity index is 2.44. The molecule has 0 heterocycles. The first-order valence-electron chi connectivity index (χ1n) is 6.87. The van der Waals surface area contributed by atoms with Gasteiger partial charge in [0.1, 0.15) is 5.69 Å². The number of hydrazone groups is 1. The van der Waals surface area contributed by atoms with Gasteiger partial charge in [0, 0.05) is 28.7 Å². The van der Waals surface area contributed by atoms with Crippen molar-refractivity contribution in [2.45, 2.75) is 6.92 Å². The normalized spacial score (nSPS) is 11.3. The van der Waals surface area contributed by atoms with Crippen molar-refractivity contribution >= 4 is 46.0 Å². The molecular weight excluding hydrogens is 371 g/mol. The second kappa shape index (κ2) is 7.45. The van der Waals surface area contributed by atoms with Gasteiger partial charge in [-0.3, -0.25) is 25.2 Å². The second-order valence-electron chi connectivity index (χ2n) is 5.05. The van der Waals surface area contributed by atoms with Crippen molar-refractivity contribution < 1.29 is 9.85 Å². The molecule has 0 aliphatic heterocycles. The van der Waals surface area contributed by atoms with Crippen LogP contribution < -0.4 is 5.01 Å². The SMILES string of the molecule is C/C(=N\N(C)c1ccc([N+](=O)[O-])cc1[N+](=O)[O-])c1cc(Cl)cc(Cl)c1. The second-order valence-corrected chi connectivity index (χ2v) is 5.93. The van der Waals surface area contributed by atoms with Gasteiger partial charge in [-0.15, -0.1) is 0 Å². The molecule has 0 radical (unpaired) electrons. The number of hydrogen-bond acceptors (Lipinski definition) is 6. The number of halogens is 2. The molecule has 25 heavy (non-hydrogen) atoms. The fourth-order valence-corrected chi connectivity index (χ4v) is 2.67. The lowest BCUT2D eigenvalue weighted by Crippen LogP contribution is -2.14. The summed E-state index contributed by atoms with van der Waals surface area (Å²) < 4.78 is 0. The maximum absolute atomic E-state index is 11.2. The molecular formula is C15H12Cl2N4O4. The first kappa shape index (κ1) is 18.6. The zero-order valence-corrected chi connectivity index (χ0v) is 14.7. The van der Waals surface area contributed by atoms with Crippen molar-refractivity contribution in [2.75, 3.05) is 12.1 Å². The maximum atomic E-state index is 11.2. The van der Waals surface area contributed by atoms with Gasteiger partial charge in [0.05, 0.1) is 21.6 Å². The Hall–Kier alpha value is -2.71. The molecule has 0 amide bonds. The van der Waals surface area contributed by atoms with E-state index in [4.69, 9.17) is 23.2 Å². The van der Waals surface area contributed by atoms with Crippen LogP contribution in [-0.4, -0.2) is 22.6 Å². The van der Waals surface area contributed by atoms with E-state index >= 15 is 0 Å². The summed E-state index contributed by atoms with van der Waals surface area (Å²) >= 11 is 11.9. The lowest BCUT2D eigenvalue weighted by molar-refractivity contribution is -0.393. The Morgan fingerprint density at radius 1 is 1.04 bits per heavy atom. The molecule has 2 aromatic carbocycles. The molecule has 0 saturated carbocycles. The van der Waals surface area contributed by atoms with Crippen molar-refractivity contribution in [3.63, 3.8) is 0 Å². The first-order chi connectivity index (χ1) is 11.7. The molecule has 0 saturated heterocycles. The summed E-state index contributed by atoms with van der Waals surface area (Å²) in [6, 6.07) is 8.24. The van der Waals surface area contributed by atoms with Crippen molar-refractivity contribution in [1.29, 1.82) is 0 Å². The van der Waals surface area contributed by atoms with E-state index in [2.05, 4.69) is 5.10 Å². The van der Waals surface area contributed by atoms with Crippen LogP contribution in [-0.2, 0) is 0 Å². The van der Waals surface area contributed by atoms with Gasteiger partial charge in [0.25, 0.3) is 5.69 Å². The van der Waals surface area contributed by atoms with Gasteiger partial charge in [-0.1, -0.05) is 23.2 Å². The van der Waals surface area contributed by atoms with E-state index in [1.165, 1.54) is 24.2 Å². The summed E-state index contributed by atoms with van der Waals surface area (Å²) in [4.78, 5) is 20.6. The van der Waals surface area contributed by atoms with Crippen LogP contribution in [0.5, 0.6) is 0 Å². The van der Waals surface area contributed by atoms with Crippen molar-refractivity contribution in [2.24, 2.45) is 5.10 Å². The van der Waals surface area contributed by atoms with Crippen LogP contribution in [0, 0.1) is 20.2 Å². The Bertz CT molecular complexity index is 866. The number of benzene rings is 2. The van der Waals surface area contributed by atoms with E-state index in [0.29, 0.717) is 21.3 Å². The molecule has 8 nitrogen and oxygen atoms in total. The van der Waals surface area contributed by atoms with Crippen molar-refractivity contribution in [1.82, 2.24) is 0 Å². The monoisotopic (exact) mass is 382 g/mol. The lowest BCUT2D eigenvalue weighted by Gasteiger charge is -2.15. The third-order valence-electron chi connectivity index (χ3n) is 3.30. The van der Waals surface area contributed by atoms with E-state index in [-0.39, 0.29) is 11.4 Å². The average molecular weight is 383 g/mol.